The highest BCUT2D eigenvalue weighted by molar-refractivity contribution is 5.73. The fraction of sp³-hybridized carbons (Fsp3) is 0.594. The van der Waals surface area contributed by atoms with Crippen LogP contribution >= 0.6 is 0 Å². The number of aryl methyl sites for hydroxylation is 2. The molecule has 0 spiro atoms. The van der Waals surface area contributed by atoms with Crippen LogP contribution < -0.4 is 30.3 Å². The zero-order chi connectivity index (χ0) is 29.1. The highest BCUT2D eigenvalue weighted by Crippen LogP contribution is 2.38. The summed E-state index contributed by atoms with van der Waals surface area (Å²) in [5, 5.41) is 2.99. The summed E-state index contributed by atoms with van der Waals surface area (Å²) in [6, 6.07) is 8.95. The van der Waals surface area contributed by atoms with Crippen molar-refractivity contribution in [3.8, 4) is 11.5 Å². The molecular formula is C32H48N6O3. The van der Waals surface area contributed by atoms with E-state index in [1.54, 1.807) is 6.92 Å². The van der Waals surface area contributed by atoms with Crippen LogP contribution in [0.4, 0.5) is 11.4 Å². The van der Waals surface area contributed by atoms with E-state index >= 15 is 0 Å². The first-order valence-corrected chi connectivity index (χ1v) is 15.1. The minimum Gasteiger partial charge on any atom is -0.491 e. The Morgan fingerprint density at radius 2 is 1.22 bits per heavy atom. The molecule has 0 saturated carbocycles. The second-order valence-electron chi connectivity index (χ2n) is 12.2. The number of hydrogen-bond acceptors (Lipinski definition) is 8. The Morgan fingerprint density at radius 3 is 1.71 bits per heavy atom. The van der Waals surface area contributed by atoms with Crippen LogP contribution in [0.25, 0.3) is 0 Å². The minimum absolute atomic E-state index is 0.00542. The smallest absolute Gasteiger partial charge is 0.217 e. The molecule has 2 atom stereocenters. The number of hydrogen-bond donors (Lipinski definition) is 2. The maximum absolute atomic E-state index is 11.3. The Hall–Kier alpha value is -3.01. The van der Waals surface area contributed by atoms with Gasteiger partial charge < -0.3 is 40.1 Å². The molecule has 9 nitrogen and oxygen atoms in total. The molecule has 4 heterocycles. The molecule has 0 radical (unpaired) electrons. The SMILES string of the molecule is CC(=O)NC1COc2c(C)ccc(N3CCN(C)CC3)c2C1.Cc1ccc(N2CCN(C)CC2)c2c1OCC(N)C2. The summed E-state index contributed by atoms with van der Waals surface area (Å²) in [6.45, 7) is 15.6. The van der Waals surface area contributed by atoms with Crippen molar-refractivity contribution in [1.82, 2.24) is 15.1 Å². The molecule has 2 saturated heterocycles. The number of likely N-dealkylation sites (N-methyl/N-ethyl adjacent to an activating group) is 2. The number of carbonyl (C=O) groups is 1. The molecule has 0 aliphatic carbocycles. The van der Waals surface area contributed by atoms with Gasteiger partial charge in [0.2, 0.25) is 5.91 Å². The first-order chi connectivity index (χ1) is 19.7. The van der Waals surface area contributed by atoms with Crippen molar-refractivity contribution in [3.63, 3.8) is 0 Å². The Kier molecular flexibility index (Phi) is 9.26. The van der Waals surface area contributed by atoms with Gasteiger partial charge in [-0.3, -0.25) is 4.79 Å². The molecule has 4 aliphatic rings. The quantitative estimate of drug-likeness (QED) is 0.587. The second-order valence-corrected chi connectivity index (χ2v) is 12.2. The van der Waals surface area contributed by atoms with E-state index in [4.69, 9.17) is 15.2 Å². The zero-order valence-corrected chi connectivity index (χ0v) is 25.5. The zero-order valence-electron chi connectivity index (χ0n) is 25.5. The number of ether oxygens (including phenoxy) is 2. The summed E-state index contributed by atoms with van der Waals surface area (Å²) in [4.78, 5) is 21.0. The standard InChI is InChI=1S/C17H25N3O2.C15H23N3O/c1-12-4-5-16(20-8-6-19(3)7-9-20)15-10-14(18-13(2)21)11-22-17(12)15;1-11-3-4-14(18-7-5-17(2)6-8-18)13-9-12(16)10-19-15(11)13/h4-5,14H,6-11H2,1-3H3,(H,18,21);3-4,12H,5-10,16H2,1-2H3. The predicted molar refractivity (Wildman–Crippen MR) is 166 cm³/mol. The van der Waals surface area contributed by atoms with Gasteiger partial charge in [-0.15, -0.1) is 0 Å². The third-order valence-electron chi connectivity index (χ3n) is 8.75. The van der Waals surface area contributed by atoms with Gasteiger partial charge in [0, 0.05) is 94.2 Å². The largest absolute Gasteiger partial charge is 0.491 e. The number of nitrogens with two attached hydrogens (primary N) is 1. The van der Waals surface area contributed by atoms with E-state index in [2.05, 4.69) is 77.1 Å². The Bertz CT molecular complexity index is 1220. The van der Waals surface area contributed by atoms with E-state index in [-0.39, 0.29) is 18.0 Å². The molecule has 6 rings (SSSR count). The minimum atomic E-state index is 0.00542. The molecule has 0 bridgehead atoms. The van der Waals surface area contributed by atoms with Crippen LogP contribution in [-0.2, 0) is 17.6 Å². The highest BCUT2D eigenvalue weighted by Gasteiger charge is 2.28. The van der Waals surface area contributed by atoms with Crippen LogP contribution in [0.2, 0.25) is 0 Å². The van der Waals surface area contributed by atoms with Gasteiger partial charge in [-0.05, 0) is 57.6 Å². The predicted octanol–water partition coefficient (Wildman–Crippen LogP) is 2.20. The van der Waals surface area contributed by atoms with E-state index in [9.17, 15) is 4.79 Å². The van der Waals surface area contributed by atoms with Gasteiger partial charge >= 0.3 is 0 Å². The monoisotopic (exact) mass is 564 g/mol. The summed E-state index contributed by atoms with van der Waals surface area (Å²) in [5.74, 6) is 2.09. The normalized spacial score (nSPS) is 22.9. The molecule has 3 N–H and O–H groups in total. The van der Waals surface area contributed by atoms with Crippen LogP contribution in [0.3, 0.4) is 0 Å². The Labute approximate surface area is 245 Å². The van der Waals surface area contributed by atoms with Crippen LogP contribution in [0.1, 0.15) is 29.2 Å². The summed E-state index contributed by atoms with van der Waals surface area (Å²) >= 11 is 0. The van der Waals surface area contributed by atoms with Crippen molar-refractivity contribution in [2.45, 2.75) is 45.7 Å². The summed E-state index contributed by atoms with van der Waals surface area (Å²) in [6.07, 6.45) is 1.77. The van der Waals surface area contributed by atoms with Crippen molar-refractivity contribution >= 4 is 17.3 Å². The van der Waals surface area contributed by atoms with Gasteiger partial charge in [0.25, 0.3) is 0 Å². The molecule has 2 aromatic carbocycles. The maximum atomic E-state index is 11.3. The number of piperazine rings is 2. The van der Waals surface area contributed by atoms with Gasteiger partial charge in [0.05, 0.1) is 6.04 Å². The fourth-order valence-corrected chi connectivity index (χ4v) is 6.33. The molecular weight excluding hydrogens is 516 g/mol. The van der Waals surface area contributed by atoms with Crippen molar-refractivity contribution < 1.29 is 14.3 Å². The van der Waals surface area contributed by atoms with Crippen LogP contribution in [0, 0.1) is 13.8 Å². The van der Waals surface area contributed by atoms with E-state index in [0.717, 1.165) is 76.7 Å². The van der Waals surface area contributed by atoms with Gasteiger partial charge in [-0.1, -0.05) is 12.1 Å². The average Bonchev–Trinajstić information content (AvgIpc) is 2.95. The molecule has 224 valence electrons. The molecule has 2 aromatic rings. The summed E-state index contributed by atoms with van der Waals surface area (Å²) < 4.78 is 11.8. The molecule has 9 heteroatoms. The van der Waals surface area contributed by atoms with Gasteiger partial charge in [0.1, 0.15) is 24.7 Å². The first-order valence-electron chi connectivity index (χ1n) is 15.1. The lowest BCUT2D eigenvalue weighted by Gasteiger charge is -2.37. The average molecular weight is 565 g/mol. The number of rotatable bonds is 3. The van der Waals surface area contributed by atoms with Crippen LogP contribution in [0.15, 0.2) is 24.3 Å². The number of anilines is 2. The molecule has 2 fully saturated rings. The van der Waals surface area contributed by atoms with Crippen molar-refractivity contribution in [3.05, 3.63) is 46.5 Å². The first kappa shape index (κ1) is 29.5. The number of nitrogens with zero attached hydrogens (tertiary/aromatic N) is 4. The van der Waals surface area contributed by atoms with Crippen molar-refractivity contribution in [2.24, 2.45) is 5.73 Å². The summed E-state index contributed by atoms with van der Waals surface area (Å²) in [5.41, 5.74) is 13.6. The second kappa shape index (κ2) is 12.9. The summed E-state index contributed by atoms with van der Waals surface area (Å²) in [7, 11) is 4.35. The lowest BCUT2D eigenvalue weighted by atomic mass is 9.97. The number of fused-ring (bicyclic) bond motifs is 2. The Morgan fingerprint density at radius 1 is 0.756 bits per heavy atom. The van der Waals surface area contributed by atoms with E-state index in [0.29, 0.717) is 13.2 Å². The van der Waals surface area contributed by atoms with Crippen molar-refractivity contribution in [2.75, 3.05) is 89.5 Å². The fourth-order valence-electron chi connectivity index (χ4n) is 6.33. The number of amides is 1. The highest BCUT2D eigenvalue weighted by atomic mass is 16.5. The third kappa shape index (κ3) is 6.90. The molecule has 2 unspecified atom stereocenters. The molecule has 41 heavy (non-hydrogen) atoms. The number of benzene rings is 2. The maximum Gasteiger partial charge on any atom is 0.217 e. The van der Waals surface area contributed by atoms with E-state index in [1.807, 2.05) is 0 Å². The Balaban J connectivity index is 0.000000166. The van der Waals surface area contributed by atoms with E-state index < -0.39 is 0 Å². The topological polar surface area (TPSA) is 86.5 Å². The van der Waals surface area contributed by atoms with Gasteiger partial charge in [0.15, 0.2) is 0 Å². The lowest BCUT2D eigenvalue weighted by Crippen LogP contribution is -2.46. The third-order valence-corrected chi connectivity index (χ3v) is 8.75. The van der Waals surface area contributed by atoms with Crippen LogP contribution in [-0.4, -0.2) is 107 Å². The molecule has 0 aromatic heterocycles. The van der Waals surface area contributed by atoms with Crippen molar-refractivity contribution in [1.29, 1.82) is 0 Å². The van der Waals surface area contributed by atoms with Gasteiger partial charge in [-0.25, -0.2) is 0 Å². The van der Waals surface area contributed by atoms with Crippen LogP contribution in [0.5, 0.6) is 11.5 Å². The van der Waals surface area contributed by atoms with E-state index in [1.165, 1.54) is 33.6 Å². The molecule has 4 aliphatic heterocycles. The lowest BCUT2D eigenvalue weighted by molar-refractivity contribution is -0.119. The molecule has 1 amide bonds. The number of nitrogens with one attached hydrogen (secondary N) is 1. The number of carbonyl (C=O) groups excluding carboxylic acids is 1. The van der Waals surface area contributed by atoms with Gasteiger partial charge in [-0.2, -0.15) is 0 Å².